The smallest absolute Gasteiger partial charge is 0.246 e. The summed E-state index contributed by atoms with van der Waals surface area (Å²) >= 11 is 0. The van der Waals surface area contributed by atoms with Crippen molar-refractivity contribution in [3.63, 3.8) is 0 Å². The van der Waals surface area contributed by atoms with E-state index in [9.17, 15) is 9.18 Å². The molecule has 0 fully saturated rings. The van der Waals surface area contributed by atoms with Gasteiger partial charge in [0.2, 0.25) is 5.91 Å². The fourth-order valence-electron chi connectivity index (χ4n) is 2.07. The van der Waals surface area contributed by atoms with Gasteiger partial charge in [-0.1, -0.05) is 25.1 Å². The quantitative estimate of drug-likeness (QED) is 0.871. The van der Waals surface area contributed by atoms with E-state index >= 15 is 0 Å². The molecule has 0 heterocycles. The van der Waals surface area contributed by atoms with Gasteiger partial charge in [-0.2, -0.15) is 0 Å². The van der Waals surface area contributed by atoms with Gasteiger partial charge in [-0.25, -0.2) is 4.39 Å². The van der Waals surface area contributed by atoms with Crippen LogP contribution in [0.1, 0.15) is 25.0 Å². The highest BCUT2D eigenvalue weighted by Crippen LogP contribution is 2.15. The molecule has 2 N–H and O–H groups in total. The van der Waals surface area contributed by atoms with E-state index < -0.39 is 6.04 Å². The molecule has 1 amide bonds. The third-order valence-electron chi connectivity index (χ3n) is 3.58. The van der Waals surface area contributed by atoms with Crippen LogP contribution in [0.3, 0.4) is 0 Å². The lowest BCUT2D eigenvalue weighted by molar-refractivity contribution is -0.116. The fourth-order valence-corrected chi connectivity index (χ4v) is 2.07. The molecule has 0 aromatic heterocycles. The molecule has 1 atom stereocenters. The van der Waals surface area contributed by atoms with Gasteiger partial charge >= 0.3 is 0 Å². The summed E-state index contributed by atoms with van der Waals surface area (Å²) in [5, 5.41) is 5.84. The molecule has 0 aliphatic carbocycles. The number of hydrogen-bond acceptors (Lipinski definition) is 2. The fraction of sp³-hybridized carbons (Fsp3) is 0.278. The Bertz CT molecular complexity index is 653. The van der Waals surface area contributed by atoms with Gasteiger partial charge in [0.1, 0.15) is 11.9 Å². The van der Waals surface area contributed by atoms with Crippen LogP contribution in [0, 0.1) is 12.7 Å². The number of amides is 1. The minimum absolute atomic E-state index is 0.162. The lowest BCUT2D eigenvalue weighted by Crippen LogP contribution is -2.31. The highest BCUT2D eigenvalue weighted by Gasteiger charge is 2.13. The topological polar surface area (TPSA) is 41.1 Å². The first kappa shape index (κ1) is 16.0. The van der Waals surface area contributed by atoms with Gasteiger partial charge in [-0.15, -0.1) is 0 Å². The Morgan fingerprint density at radius 1 is 1.14 bits per heavy atom. The first-order chi connectivity index (χ1) is 10.5. The molecule has 2 rings (SSSR count). The summed E-state index contributed by atoms with van der Waals surface area (Å²) in [5.74, 6) is -0.446. The van der Waals surface area contributed by atoms with Crippen LogP contribution in [0.5, 0.6) is 0 Å². The number of anilines is 2. The summed E-state index contributed by atoms with van der Waals surface area (Å²) < 4.78 is 13.5. The van der Waals surface area contributed by atoms with Gasteiger partial charge in [0.25, 0.3) is 0 Å². The standard InChI is InChI=1S/C18H21FN2O/c1-4-14-6-9-15(10-7-14)21-18(22)13(3)20-16-8-5-12(2)17(19)11-16/h5-11,13,20H,4H2,1-3H3,(H,21,22)/t13-/m0/s1. The highest BCUT2D eigenvalue weighted by atomic mass is 19.1. The Morgan fingerprint density at radius 2 is 1.77 bits per heavy atom. The van der Waals surface area contributed by atoms with Gasteiger partial charge in [0.05, 0.1) is 0 Å². The molecule has 0 spiro atoms. The Morgan fingerprint density at radius 3 is 2.36 bits per heavy atom. The molecule has 116 valence electrons. The Kier molecular flexibility index (Phi) is 5.15. The molecule has 2 aromatic rings. The molecule has 0 saturated heterocycles. The van der Waals surface area contributed by atoms with E-state index in [1.807, 2.05) is 24.3 Å². The number of carbonyl (C=O) groups is 1. The summed E-state index contributed by atoms with van der Waals surface area (Å²) in [6.45, 7) is 5.53. The second-order valence-electron chi connectivity index (χ2n) is 5.37. The van der Waals surface area contributed by atoms with Gasteiger partial charge < -0.3 is 10.6 Å². The van der Waals surface area contributed by atoms with Gasteiger partial charge in [0, 0.05) is 11.4 Å². The number of hydrogen-bond donors (Lipinski definition) is 2. The van der Waals surface area contributed by atoms with Crippen molar-refractivity contribution in [3.05, 3.63) is 59.4 Å². The summed E-state index contributed by atoms with van der Waals surface area (Å²) in [7, 11) is 0. The van der Waals surface area contributed by atoms with E-state index in [-0.39, 0.29) is 11.7 Å². The van der Waals surface area contributed by atoms with Crippen molar-refractivity contribution in [1.29, 1.82) is 0 Å². The largest absolute Gasteiger partial charge is 0.374 e. The molecule has 0 aliphatic rings. The van der Waals surface area contributed by atoms with E-state index in [1.165, 1.54) is 11.6 Å². The zero-order chi connectivity index (χ0) is 16.1. The number of benzene rings is 2. The molecule has 0 aliphatic heterocycles. The van der Waals surface area contributed by atoms with Crippen molar-refractivity contribution in [2.24, 2.45) is 0 Å². The van der Waals surface area contributed by atoms with E-state index in [0.717, 1.165) is 12.1 Å². The second-order valence-corrected chi connectivity index (χ2v) is 5.37. The van der Waals surface area contributed by atoms with E-state index in [2.05, 4.69) is 17.6 Å². The minimum atomic E-state index is -0.465. The normalized spacial score (nSPS) is 11.8. The SMILES string of the molecule is CCc1ccc(NC(=O)[C@H](C)Nc2ccc(C)c(F)c2)cc1. The molecular formula is C18H21FN2O. The lowest BCUT2D eigenvalue weighted by atomic mass is 10.1. The number of aryl methyl sites for hydroxylation is 2. The molecule has 0 radical (unpaired) electrons. The molecule has 2 aromatic carbocycles. The van der Waals surface area contributed by atoms with Crippen LogP contribution in [-0.4, -0.2) is 11.9 Å². The summed E-state index contributed by atoms with van der Waals surface area (Å²) in [5.41, 5.74) is 3.15. The summed E-state index contributed by atoms with van der Waals surface area (Å²) in [6.07, 6.45) is 0.963. The second kappa shape index (κ2) is 7.07. The maximum absolute atomic E-state index is 13.5. The van der Waals surface area contributed by atoms with Crippen molar-refractivity contribution in [2.75, 3.05) is 10.6 Å². The maximum atomic E-state index is 13.5. The van der Waals surface area contributed by atoms with Crippen molar-refractivity contribution >= 4 is 17.3 Å². The maximum Gasteiger partial charge on any atom is 0.246 e. The van der Waals surface area contributed by atoms with E-state index in [1.54, 1.807) is 26.0 Å². The van der Waals surface area contributed by atoms with Crippen LogP contribution >= 0.6 is 0 Å². The Balaban J connectivity index is 1.97. The number of halogens is 1. The first-order valence-corrected chi connectivity index (χ1v) is 7.42. The van der Waals surface area contributed by atoms with Crippen LogP contribution in [0.15, 0.2) is 42.5 Å². The van der Waals surface area contributed by atoms with Crippen LogP contribution in [-0.2, 0) is 11.2 Å². The summed E-state index contributed by atoms with van der Waals surface area (Å²) in [6, 6.07) is 12.1. The van der Waals surface area contributed by atoms with Gasteiger partial charge in [-0.05, 0) is 55.7 Å². The molecule has 0 saturated carbocycles. The van der Waals surface area contributed by atoms with Gasteiger partial charge in [-0.3, -0.25) is 4.79 Å². The van der Waals surface area contributed by atoms with E-state index in [4.69, 9.17) is 0 Å². The number of carbonyl (C=O) groups excluding carboxylic acids is 1. The Hall–Kier alpha value is -2.36. The van der Waals surface area contributed by atoms with E-state index in [0.29, 0.717) is 11.3 Å². The molecule has 3 nitrogen and oxygen atoms in total. The van der Waals surface area contributed by atoms with Crippen LogP contribution in [0.2, 0.25) is 0 Å². The first-order valence-electron chi connectivity index (χ1n) is 7.42. The van der Waals surface area contributed by atoms with Crippen LogP contribution < -0.4 is 10.6 Å². The van der Waals surface area contributed by atoms with Crippen molar-refractivity contribution in [3.8, 4) is 0 Å². The third kappa shape index (κ3) is 4.07. The number of nitrogens with one attached hydrogen (secondary N) is 2. The lowest BCUT2D eigenvalue weighted by Gasteiger charge is -2.16. The zero-order valence-electron chi connectivity index (χ0n) is 13.1. The molecular weight excluding hydrogens is 279 g/mol. The van der Waals surface area contributed by atoms with Crippen LogP contribution in [0.4, 0.5) is 15.8 Å². The molecule has 4 heteroatoms. The molecule has 22 heavy (non-hydrogen) atoms. The number of rotatable bonds is 5. The summed E-state index contributed by atoms with van der Waals surface area (Å²) in [4.78, 5) is 12.2. The Labute approximate surface area is 130 Å². The third-order valence-corrected chi connectivity index (χ3v) is 3.58. The van der Waals surface area contributed by atoms with Crippen molar-refractivity contribution < 1.29 is 9.18 Å². The average molecular weight is 300 g/mol. The van der Waals surface area contributed by atoms with Gasteiger partial charge in [0.15, 0.2) is 0 Å². The highest BCUT2D eigenvalue weighted by molar-refractivity contribution is 5.96. The average Bonchev–Trinajstić information content (AvgIpc) is 2.51. The molecule has 0 unspecified atom stereocenters. The monoisotopic (exact) mass is 300 g/mol. The predicted molar refractivity (Wildman–Crippen MR) is 88.7 cm³/mol. The zero-order valence-corrected chi connectivity index (χ0v) is 13.1. The minimum Gasteiger partial charge on any atom is -0.374 e. The van der Waals surface area contributed by atoms with Crippen molar-refractivity contribution in [2.45, 2.75) is 33.2 Å². The van der Waals surface area contributed by atoms with Crippen LogP contribution in [0.25, 0.3) is 0 Å². The molecule has 0 bridgehead atoms. The van der Waals surface area contributed by atoms with Crippen molar-refractivity contribution in [1.82, 2.24) is 0 Å². The predicted octanol–water partition coefficient (Wildman–Crippen LogP) is 4.14.